The summed E-state index contributed by atoms with van der Waals surface area (Å²) in [6.45, 7) is 0. The predicted octanol–water partition coefficient (Wildman–Crippen LogP) is 0.0589. The molecule has 0 fully saturated rings. The Morgan fingerprint density at radius 1 is 1.38 bits per heavy atom. The van der Waals surface area contributed by atoms with Gasteiger partial charge in [0.2, 0.25) is 5.91 Å². The summed E-state index contributed by atoms with van der Waals surface area (Å²) in [7, 11) is 3.12. The van der Waals surface area contributed by atoms with Crippen molar-refractivity contribution in [2.75, 3.05) is 14.2 Å². The van der Waals surface area contributed by atoms with E-state index in [9.17, 15) is 4.79 Å². The number of hydrogen-bond acceptors (Lipinski definition) is 4. The quantitative estimate of drug-likeness (QED) is 0.740. The maximum atomic E-state index is 10.9. The fraction of sp³-hybridized carbons (Fsp3) is 0.364. The molecule has 1 rings (SSSR count). The number of methoxy groups -OCH3 is 2. The van der Waals surface area contributed by atoms with Crippen molar-refractivity contribution in [3.8, 4) is 11.5 Å². The lowest BCUT2D eigenvalue weighted by Gasteiger charge is -2.12. The van der Waals surface area contributed by atoms with E-state index >= 15 is 0 Å². The second kappa shape index (κ2) is 5.37. The molecule has 0 bridgehead atoms. The van der Waals surface area contributed by atoms with Crippen molar-refractivity contribution in [2.45, 2.75) is 12.5 Å². The maximum absolute atomic E-state index is 10.9. The Labute approximate surface area is 94.3 Å². The zero-order valence-electron chi connectivity index (χ0n) is 9.40. The van der Waals surface area contributed by atoms with Gasteiger partial charge in [0.25, 0.3) is 0 Å². The lowest BCUT2D eigenvalue weighted by atomic mass is 10.0. The molecule has 0 spiro atoms. The Hall–Kier alpha value is -1.75. The molecule has 1 atom stereocenters. The molecule has 0 aromatic heterocycles. The average Bonchev–Trinajstić information content (AvgIpc) is 2.29. The van der Waals surface area contributed by atoms with E-state index in [1.807, 2.05) is 0 Å². The van der Waals surface area contributed by atoms with Gasteiger partial charge in [-0.2, -0.15) is 0 Å². The van der Waals surface area contributed by atoms with E-state index in [2.05, 4.69) is 0 Å². The maximum Gasteiger partial charge on any atom is 0.234 e. The van der Waals surface area contributed by atoms with Gasteiger partial charge in [0.1, 0.15) is 11.5 Å². The molecule has 88 valence electrons. The number of carbonyl (C=O) groups is 1. The lowest BCUT2D eigenvalue weighted by Crippen LogP contribution is -2.38. The normalized spacial score (nSPS) is 11.9. The first-order valence-electron chi connectivity index (χ1n) is 4.84. The number of rotatable bonds is 5. The van der Waals surface area contributed by atoms with Gasteiger partial charge in [-0.3, -0.25) is 4.79 Å². The SMILES string of the molecule is COc1ccc(CC(N)C(N)=O)c(OC)c1. The molecule has 0 aliphatic heterocycles. The zero-order chi connectivity index (χ0) is 12.1. The van der Waals surface area contributed by atoms with E-state index in [-0.39, 0.29) is 0 Å². The van der Waals surface area contributed by atoms with Crippen LogP contribution in [0.5, 0.6) is 11.5 Å². The Morgan fingerprint density at radius 3 is 2.56 bits per heavy atom. The van der Waals surface area contributed by atoms with Crippen LogP contribution < -0.4 is 20.9 Å². The van der Waals surface area contributed by atoms with Gasteiger partial charge in [0.15, 0.2) is 0 Å². The highest BCUT2D eigenvalue weighted by Gasteiger charge is 2.13. The van der Waals surface area contributed by atoms with Crippen LogP contribution in [0.25, 0.3) is 0 Å². The minimum atomic E-state index is -0.706. The molecular weight excluding hydrogens is 208 g/mol. The number of benzene rings is 1. The largest absolute Gasteiger partial charge is 0.497 e. The Bertz CT molecular complexity index is 379. The smallest absolute Gasteiger partial charge is 0.234 e. The van der Waals surface area contributed by atoms with E-state index < -0.39 is 11.9 Å². The standard InChI is InChI=1S/C11H16N2O3/c1-15-8-4-3-7(10(6-8)16-2)5-9(12)11(13)14/h3-4,6,9H,5,12H2,1-2H3,(H2,13,14). The second-order valence-corrected chi connectivity index (χ2v) is 3.39. The zero-order valence-corrected chi connectivity index (χ0v) is 9.40. The molecule has 0 aliphatic rings. The van der Waals surface area contributed by atoms with E-state index in [1.165, 1.54) is 0 Å². The highest BCUT2D eigenvalue weighted by Crippen LogP contribution is 2.25. The van der Waals surface area contributed by atoms with Crippen molar-refractivity contribution < 1.29 is 14.3 Å². The fourth-order valence-electron chi connectivity index (χ4n) is 1.36. The second-order valence-electron chi connectivity index (χ2n) is 3.39. The van der Waals surface area contributed by atoms with Crippen molar-refractivity contribution in [2.24, 2.45) is 11.5 Å². The third kappa shape index (κ3) is 2.87. The van der Waals surface area contributed by atoms with Crippen molar-refractivity contribution >= 4 is 5.91 Å². The molecule has 4 N–H and O–H groups in total. The molecular formula is C11H16N2O3. The first-order valence-corrected chi connectivity index (χ1v) is 4.84. The van der Waals surface area contributed by atoms with Gasteiger partial charge < -0.3 is 20.9 Å². The lowest BCUT2D eigenvalue weighted by molar-refractivity contribution is -0.119. The first-order chi connectivity index (χ1) is 7.58. The molecule has 0 saturated heterocycles. The average molecular weight is 224 g/mol. The monoisotopic (exact) mass is 224 g/mol. The van der Waals surface area contributed by atoms with E-state index in [0.29, 0.717) is 17.9 Å². The van der Waals surface area contributed by atoms with Crippen LogP contribution in [-0.2, 0) is 11.2 Å². The third-order valence-corrected chi connectivity index (χ3v) is 2.30. The van der Waals surface area contributed by atoms with Gasteiger partial charge in [-0.15, -0.1) is 0 Å². The van der Waals surface area contributed by atoms with Crippen LogP contribution >= 0.6 is 0 Å². The molecule has 0 saturated carbocycles. The molecule has 5 heteroatoms. The Morgan fingerprint density at radius 2 is 2.06 bits per heavy atom. The number of primary amides is 1. The van der Waals surface area contributed by atoms with Crippen LogP contribution in [0.4, 0.5) is 0 Å². The molecule has 16 heavy (non-hydrogen) atoms. The van der Waals surface area contributed by atoms with Crippen molar-refractivity contribution in [1.29, 1.82) is 0 Å². The fourth-order valence-corrected chi connectivity index (χ4v) is 1.36. The van der Waals surface area contributed by atoms with Crippen LogP contribution in [0.1, 0.15) is 5.56 Å². The molecule has 0 radical (unpaired) electrons. The van der Waals surface area contributed by atoms with Crippen LogP contribution in [-0.4, -0.2) is 26.2 Å². The Kier molecular flexibility index (Phi) is 4.13. The molecule has 5 nitrogen and oxygen atoms in total. The summed E-state index contributed by atoms with van der Waals surface area (Å²) < 4.78 is 10.2. The van der Waals surface area contributed by atoms with E-state index in [4.69, 9.17) is 20.9 Å². The van der Waals surface area contributed by atoms with Gasteiger partial charge in [-0.1, -0.05) is 6.07 Å². The number of amides is 1. The topological polar surface area (TPSA) is 87.6 Å². The van der Waals surface area contributed by atoms with Gasteiger partial charge in [-0.25, -0.2) is 0 Å². The predicted molar refractivity (Wildman–Crippen MR) is 60.4 cm³/mol. The van der Waals surface area contributed by atoms with Crippen molar-refractivity contribution in [3.05, 3.63) is 23.8 Å². The molecule has 1 unspecified atom stereocenters. The number of ether oxygens (including phenoxy) is 2. The summed E-state index contributed by atoms with van der Waals surface area (Å²) in [5, 5.41) is 0. The molecule has 0 aliphatic carbocycles. The Balaban J connectivity index is 2.91. The summed E-state index contributed by atoms with van der Waals surface area (Å²) in [6, 6.07) is 4.62. The highest BCUT2D eigenvalue weighted by molar-refractivity contribution is 5.80. The van der Waals surface area contributed by atoms with E-state index in [1.54, 1.807) is 32.4 Å². The van der Waals surface area contributed by atoms with Crippen molar-refractivity contribution in [1.82, 2.24) is 0 Å². The summed E-state index contributed by atoms with van der Waals surface area (Å²) in [6.07, 6.45) is 0.350. The van der Waals surface area contributed by atoms with Gasteiger partial charge >= 0.3 is 0 Å². The van der Waals surface area contributed by atoms with Crippen LogP contribution in [0.15, 0.2) is 18.2 Å². The van der Waals surface area contributed by atoms with Crippen molar-refractivity contribution in [3.63, 3.8) is 0 Å². The van der Waals surface area contributed by atoms with Gasteiger partial charge in [0, 0.05) is 12.5 Å². The van der Waals surface area contributed by atoms with Crippen LogP contribution in [0.3, 0.4) is 0 Å². The minimum absolute atomic E-state index is 0.350. The van der Waals surface area contributed by atoms with Gasteiger partial charge in [0.05, 0.1) is 20.3 Å². The molecule has 1 amide bonds. The summed E-state index contributed by atoms with van der Waals surface area (Å²) in [5.41, 5.74) is 11.5. The van der Waals surface area contributed by atoms with E-state index in [0.717, 1.165) is 5.56 Å². The first kappa shape index (κ1) is 12.3. The van der Waals surface area contributed by atoms with Gasteiger partial charge in [-0.05, 0) is 11.6 Å². The summed E-state index contributed by atoms with van der Waals surface area (Å²) in [5.74, 6) is 0.794. The highest BCUT2D eigenvalue weighted by atomic mass is 16.5. The molecule has 0 heterocycles. The third-order valence-electron chi connectivity index (χ3n) is 2.30. The summed E-state index contributed by atoms with van der Waals surface area (Å²) in [4.78, 5) is 10.9. The number of carbonyl (C=O) groups excluding carboxylic acids is 1. The van der Waals surface area contributed by atoms with Crippen LogP contribution in [0.2, 0.25) is 0 Å². The number of hydrogen-bond donors (Lipinski definition) is 2. The minimum Gasteiger partial charge on any atom is -0.497 e. The van der Waals surface area contributed by atoms with Crippen LogP contribution in [0, 0.1) is 0 Å². The summed E-state index contributed by atoms with van der Waals surface area (Å²) >= 11 is 0. The molecule has 1 aromatic carbocycles. The molecule has 1 aromatic rings. The number of nitrogens with two attached hydrogens (primary N) is 2.